The molecule has 2 heterocycles. The monoisotopic (exact) mass is 240 g/mol. The van der Waals surface area contributed by atoms with Gasteiger partial charge in [-0.15, -0.1) is 0 Å². The van der Waals surface area contributed by atoms with Crippen LogP contribution in [0.25, 0.3) is 0 Å². The van der Waals surface area contributed by atoms with Crippen molar-refractivity contribution in [1.29, 1.82) is 0 Å². The topological polar surface area (TPSA) is 55.1 Å². The Hall–Kier alpha value is -0.970. The lowest BCUT2D eigenvalue weighted by molar-refractivity contribution is -0.117. The number of amides is 1. The first-order valence-corrected chi connectivity index (χ1v) is 6.70. The Morgan fingerprint density at radius 1 is 1.75 bits per heavy atom. The van der Waals surface area contributed by atoms with E-state index in [2.05, 4.69) is 10.5 Å². The molecule has 0 aromatic carbocycles. The van der Waals surface area contributed by atoms with Crippen LogP contribution in [0.2, 0.25) is 0 Å². The van der Waals surface area contributed by atoms with Gasteiger partial charge in [-0.1, -0.05) is 5.16 Å². The minimum absolute atomic E-state index is 0.0424. The second-order valence-electron chi connectivity index (χ2n) is 4.16. The second kappa shape index (κ2) is 5.39. The van der Waals surface area contributed by atoms with Gasteiger partial charge in [0.25, 0.3) is 0 Å². The van der Waals surface area contributed by atoms with E-state index >= 15 is 0 Å². The average molecular weight is 240 g/mol. The number of aromatic nitrogens is 1. The summed E-state index contributed by atoms with van der Waals surface area (Å²) in [6, 6.07) is 1.73. The third kappa shape index (κ3) is 3.27. The molecule has 4 nitrogen and oxygen atoms in total. The van der Waals surface area contributed by atoms with E-state index in [9.17, 15) is 4.79 Å². The van der Waals surface area contributed by atoms with Crippen LogP contribution in [0.1, 0.15) is 25.0 Å². The number of nitrogens with one attached hydrogen (secondary N) is 1. The Kier molecular flexibility index (Phi) is 3.88. The van der Waals surface area contributed by atoms with Crippen molar-refractivity contribution < 1.29 is 9.32 Å². The second-order valence-corrected chi connectivity index (χ2v) is 5.31. The van der Waals surface area contributed by atoms with Crippen molar-refractivity contribution in [2.45, 2.75) is 26.2 Å². The Morgan fingerprint density at radius 2 is 2.62 bits per heavy atom. The van der Waals surface area contributed by atoms with Crippen LogP contribution < -0.4 is 5.32 Å². The molecule has 1 saturated heterocycles. The van der Waals surface area contributed by atoms with Crippen LogP contribution >= 0.6 is 11.8 Å². The number of thioether (sulfide) groups is 1. The van der Waals surface area contributed by atoms with E-state index in [0.29, 0.717) is 23.9 Å². The summed E-state index contributed by atoms with van der Waals surface area (Å²) in [5.74, 6) is 4.13. The number of hydrogen-bond acceptors (Lipinski definition) is 4. The third-order valence-electron chi connectivity index (χ3n) is 2.62. The number of carbonyl (C=O) groups excluding carboxylic acids is 1. The van der Waals surface area contributed by atoms with Crippen molar-refractivity contribution >= 4 is 23.5 Å². The van der Waals surface area contributed by atoms with E-state index < -0.39 is 0 Å². The number of aryl methyl sites for hydroxylation is 1. The molecule has 0 spiro atoms. The number of nitrogens with zero attached hydrogens (tertiary/aromatic N) is 1. The first-order chi connectivity index (χ1) is 7.74. The first-order valence-electron chi connectivity index (χ1n) is 5.55. The van der Waals surface area contributed by atoms with Crippen LogP contribution in [0, 0.1) is 12.8 Å². The number of carbonyl (C=O) groups is 1. The molecule has 1 aliphatic heterocycles. The van der Waals surface area contributed by atoms with Crippen molar-refractivity contribution in [3.05, 3.63) is 11.8 Å². The van der Waals surface area contributed by atoms with Gasteiger partial charge in [0, 0.05) is 12.5 Å². The molecule has 1 aromatic rings. The van der Waals surface area contributed by atoms with Crippen LogP contribution in [0.15, 0.2) is 10.6 Å². The van der Waals surface area contributed by atoms with Crippen LogP contribution in [0.5, 0.6) is 0 Å². The van der Waals surface area contributed by atoms with Crippen molar-refractivity contribution in [3.63, 3.8) is 0 Å². The molecule has 16 heavy (non-hydrogen) atoms. The smallest absolute Gasteiger partial charge is 0.225 e. The Labute approximate surface area is 99.1 Å². The van der Waals surface area contributed by atoms with Gasteiger partial charge in [0.1, 0.15) is 5.76 Å². The summed E-state index contributed by atoms with van der Waals surface area (Å²) in [4.78, 5) is 11.7. The largest absolute Gasteiger partial charge is 0.360 e. The lowest BCUT2D eigenvalue weighted by Gasteiger charge is -2.20. The third-order valence-corrected chi connectivity index (χ3v) is 3.91. The molecule has 1 unspecified atom stereocenters. The Morgan fingerprint density at radius 3 is 3.25 bits per heavy atom. The fraction of sp³-hybridized carbons (Fsp3) is 0.636. The minimum Gasteiger partial charge on any atom is -0.360 e. The highest BCUT2D eigenvalue weighted by molar-refractivity contribution is 7.99. The molecule has 1 amide bonds. The molecule has 1 fully saturated rings. The summed E-state index contributed by atoms with van der Waals surface area (Å²) in [7, 11) is 0. The van der Waals surface area contributed by atoms with Gasteiger partial charge in [-0.05, 0) is 37.2 Å². The van der Waals surface area contributed by atoms with Gasteiger partial charge in [0.2, 0.25) is 5.91 Å². The zero-order valence-corrected chi connectivity index (χ0v) is 10.2. The van der Waals surface area contributed by atoms with Gasteiger partial charge in [0.05, 0.1) is 0 Å². The molecule has 2 rings (SSSR count). The maximum Gasteiger partial charge on any atom is 0.225 e. The van der Waals surface area contributed by atoms with E-state index in [0.717, 1.165) is 12.2 Å². The van der Waals surface area contributed by atoms with Crippen LogP contribution in [-0.2, 0) is 4.79 Å². The van der Waals surface area contributed by atoms with Crippen LogP contribution in [0.3, 0.4) is 0 Å². The van der Waals surface area contributed by atoms with Gasteiger partial charge in [0.15, 0.2) is 5.82 Å². The summed E-state index contributed by atoms with van der Waals surface area (Å²) < 4.78 is 4.89. The predicted octanol–water partition coefficient (Wildman–Crippen LogP) is 2.45. The van der Waals surface area contributed by atoms with Gasteiger partial charge in [-0.2, -0.15) is 11.8 Å². The predicted molar refractivity (Wildman–Crippen MR) is 64.5 cm³/mol. The molecule has 1 N–H and O–H groups in total. The van der Waals surface area contributed by atoms with E-state index in [1.165, 1.54) is 12.2 Å². The fourth-order valence-corrected chi connectivity index (χ4v) is 3.01. The van der Waals surface area contributed by atoms with E-state index in [-0.39, 0.29) is 5.91 Å². The van der Waals surface area contributed by atoms with Crippen molar-refractivity contribution in [2.75, 3.05) is 16.8 Å². The summed E-state index contributed by atoms with van der Waals surface area (Å²) in [5.41, 5.74) is 0. The lowest BCUT2D eigenvalue weighted by Crippen LogP contribution is -2.20. The van der Waals surface area contributed by atoms with Crippen LogP contribution in [0.4, 0.5) is 5.82 Å². The number of hydrogen-bond donors (Lipinski definition) is 1. The summed E-state index contributed by atoms with van der Waals surface area (Å²) in [6.45, 7) is 1.81. The molecule has 5 heteroatoms. The van der Waals surface area contributed by atoms with Gasteiger partial charge >= 0.3 is 0 Å². The molecule has 1 aliphatic rings. The molecule has 0 bridgehead atoms. The summed E-state index contributed by atoms with van der Waals surface area (Å²) >= 11 is 1.94. The first kappa shape index (κ1) is 11.5. The lowest BCUT2D eigenvalue weighted by atomic mass is 10.0. The zero-order chi connectivity index (χ0) is 11.4. The van der Waals surface area contributed by atoms with E-state index in [1.54, 1.807) is 13.0 Å². The number of rotatable bonds is 3. The van der Waals surface area contributed by atoms with Crippen LogP contribution in [-0.4, -0.2) is 22.6 Å². The summed E-state index contributed by atoms with van der Waals surface area (Å²) in [5, 5.41) is 6.49. The maximum atomic E-state index is 11.7. The Balaban J connectivity index is 1.79. The minimum atomic E-state index is 0.0424. The highest BCUT2D eigenvalue weighted by Gasteiger charge is 2.17. The number of anilines is 1. The molecule has 1 atom stereocenters. The normalized spacial score (nSPS) is 20.7. The molecule has 88 valence electrons. The molecular formula is C11H16N2O2S. The molecule has 0 radical (unpaired) electrons. The SMILES string of the molecule is Cc1cc(NC(=O)CC2CCCSC2)no1. The maximum absolute atomic E-state index is 11.7. The van der Waals surface area contributed by atoms with Gasteiger partial charge in [-0.25, -0.2) is 0 Å². The van der Waals surface area contributed by atoms with E-state index in [4.69, 9.17) is 4.52 Å². The zero-order valence-electron chi connectivity index (χ0n) is 9.36. The van der Waals surface area contributed by atoms with Gasteiger partial charge < -0.3 is 9.84 Å². The molecule has 0 saturated carbocycles. The molecular weight excluding hydrogens is 224 g/mol. The summed E-state index contributed by atoms with van der Waals surface area (Å²) in [6.07, 6.45) is 2.99. The highest BCUT2D eigenvalue weighted by atomic mass is 32.2. The van der Waals surface area contributed by atoms with E-state index in [1.807, 2.05) is 11.8 Å². The highest BCUT2D eigenvalue weighted by Crippen LogP contribution is 2.25. The van der Waals surface area contributed by atoms with Crippen molar-refractivity contribution in [3.8, 4) is 0 Å². The average Bonchev–Trinajstić information content (AvgIpc) is 2.65. The standard InChI is InChI=1S/C11H16N2O2S/c1-8-5-10(13-15-8)12-11(14)6-9-3-2-4-16-7-9/h5,9H,2-4,6-7H2,1H3,(H,12,13,14). The Bertz CT molecular complexity index is 359. The fourth-order valence-electron chi connectivity index (χ4n) is 1.85. The molecule has 0 aliphatic carbocycles. The van der Waals surface area contributed by atoms with Crippen molar-refractivity contribution in [2.24, 2.45) is 5.92 Å². The van der Waals surface area contributed by atoms with Gasteiger partial charge in [-0.3, -0.25) is 4.79 Å². The quantitative estimate of drug-likeness (QED) is 0.881. The molecule has 1 aromatic heterocycles. The van der Waals surface area contributed by atoms with Crippen molar-refractivity contribution in [1.82, 2.24) is 5.16 Å².